The van der Waals surface area contributed by atoms with Gasteiger partial charge in [-0.05, 0) is 56.7 Å². The van der Waals surface area contributed by atoms with E-state index in [-0.39, 0.29) is 5.91 Å². The number of rotatable bonds is 7. The van der Waals surface area contributed by atoms with E-state index in [1.54, 1.807) is 43.0 Å². The molecule has 33 heavy (non-hydrogen) atoms. The largest absolute Gasteiger partial charge is 0.478 e. The molecule has 0 aliphatic carbocycles. The van der Waals surface area contributed by atoms with Crippen LogP contribution in [0, 0.1) is 6.92 Å². The Kier molecular flexibility index (Phi) is 7.46. The maximum absolute atomic E-state index is 13.8. The lowest BCUT2D eigenvalue weighted by atomic mass is 10.1. The van der Waals surface area contributed by atoms with E-state index in [0.717, 1.165) is 35.4 Å². The zero-order valence-electron chi connectivity index (χ0n) is 18.9. The number of hydrogen-bond donors (Lipinski definition) is 0. The summed E-state index contributed by atoms with van der Waals surface area (Å²) in [5.74, 6) is 0.410. The quantitative estimate of drug-likeness (QED) is 0.426. The van der Waals surface area contributed by atoms with Gasteiger partial charge in [0, 0.05) is 31.2 Å². The van der Waals surface area contributed by atoms with Gasteiger partial charge in [-0.25, -0.2) is 4.98 Å². The fourth-order valence-electron chi connectivity index (χ4n) is 3.72. The number of benzene rings is 2. The van der Waals surface area contributed by atoms with Crippen LogP contribution in [0.25, 0.3) is 10.2 Å². The van der Waals surface area contributed by atoms with Gasteiger partial charge in [0.2, 0.25) is 0 Å². The van der Waals surface area contributed by atoms with E-state index in [4.69, 9.17) is 37.7 Å². The van der Waals surface area contributed by atoms with Crippen molar-refractivity contribution < 1.29 is 14.3 Å². The van der Waals surface area contributed by atoms with Crippen LogP contribution in [0.2, 0.25) is 10.0 Å². The van der Waals surface area contributed by atoms with Crippen molar-refractivity contribution in [2.24, 2.45) is 0 Å². The van der Waals surface area contributed by atoms with Gasteiger partial charge in [0.15, 0.2) is 10.7 Å². The van der Waals surface area contributed by atoms with E-state index in [1.807, 2.05) is 19.1 Å². The summed E-state index contributed by atoms with van der Waals surface area (Å²) < 4.78 is 12.4. The van der Waals surface area contributed by atoms with Crippen molar-refractivity contribution in [3.8, 4) is 5.75 Å². The molecule has 2 aromatic carbocycles. The average Bonchev–Trinajstić information content (AvgIpc) is 3.25. The van der Waals surface area contributed by atoms with Crippen LogP contribution < -0.4 is 9.64 Å². The highest BCUT2D eigenvalue weighted by atomic mass is 35.5. The second-order valence-corrected chi connectivity index (χ2v) is 10.3. The number of nitrogens with zero attached hydrogens (tertiary/aromatic N) is 3. The lowest BCUT2D eigenvalue weighted by Crippen LogP contribution is -2.51. The van der Waals surface area contributed by atoms with Gasteiger partial charge in [0.25, 0.3) is 5.91 Å². The van der Waals surface area contributed by atoms with Crippen LogP contribution in [0.5, 0.6) is 5.75 Å². The number of halogens is 2. The van der Waals surface area contributed by atoms with E-state index < -0.39 is 5.60 Å². The first kappa shape index (κ1) is 24.2. The fraction of sp³-hybridized carbons (Fsp3) is 0.417. The van der Waals surface area contributed by atoms with Crippen LogP contribution in [-0.4, -0.2) is 60.8 Å². The third kappa shape index (κ3) is 5.61. The van der Waals surface area contributed by atoms with E-state index >= 15 is 0 Å². The highest BCUT2D eigenvalue weighted by molar-refractivity contribution is 7.23. The molecular formula is C24H27Cl2N3O3S. The third-order valence-electron chi connectivity index (χ3n) is 5.61. The summed E-state index contributed by atoms with van der Waals surface area (Å²) in [6.45, 7) is 9.85. The molecule has 0 spiro atoms. The molecule has 0 N–H and O–H groups in total. The molecule has 3 aromatic rings. The minimum absolute atomic E-state index is 0.168. The van der Waals surface area contributed by atoms with Crippen LogP contribution in [0.15, 0.2) is 36.4 Å². The second-order valence-electron chi connectivity index (χ2n) is 8.52. The first-order chi connectivity index (χ1) is 15.7. The molecule has 0 saturated carbocycles. The number of hydrogen-bond acceptors (Lipinski definition) is 6. The molecular weight excluding hydrogens is 481 g/mol. The van der Waals surface area contributed by atoms with Gasteiger partial charge in [-0.3, -0.25) is 14.6 Å². The summed E-state index contributed by atoms with van der Waals surface area (Å²) in [7, 11) is 0. The summed E-state index contributed by atoms with van der Waals surface area (Å²) in [6, 6.07) is 10.8. The smallest absolute Gasteiger partial charge is 0.272 e. The predicted octanol–water partition coefficient (Wildman–Crippen LogP) is 5.43. The number of anilines is 1. The van der Waals surface area contributed by atoms with Crippen molar-refractivity contribution in [1.82, 2.24) is 9.88 Å². The minimum atomic E-state index is -1.12. The highest BCUT2D eigenvalue weighted by Crippen LogP contribution is 2.36. The number of aryl methyl sites for hydroxylation is 1. The first-order valence-electron chi connectivity index (χ1n) is 10.9. The molecule has 6 nitrogen and oxygen atoms in total. The Balaban J connectivity index is 1.64. The zero-order chi connectivity index (χ0) is 23.6. The van der Waals surface area contributed by atoms with Gasteiger partial charge >= 0.3 is 0 Å². The van der Waals surface area contributed by atoms with Gasteiger partial charge in [0.05, 0.1) is 28.5 Å². The molecule has 1 amide bonds. The van der Waals surface area contributed by atoms with E-state index in [0.29, 0.717) is 40.7 Å². The number of thiazole rings is 1. The summed E-state index contributed by atoms with van der Waals surface area (Å²) in [4.78, 5) is 22.7. The van der Waals surface area contributed by atoms with Crippen LogP contribution in [0.4, 0.5) is 5.13 Å². The molecule has 1 aliphatic heterocycles. The molecule has 0 atom stereocenters. The Morgan fingerprint density at radius 2 is 1.88 bits per heavy atom. The number of ether oxygens (including phenoxy) is 2. The number of aromatic nitrogens is 1. The van der Waals surface area contributed by atoms with Gasteiger partial charge < -0.3 is 9.47 Å². The Hall–Kier alpha value is -1.90. The maximum atomic E-state index is 13.8. The van der Waals surface area contributed by atoms with Crippen molar-refractivity contribution in [3.63, 3.8) is 0 Å². The van der Waals surface area contributed by atoms with E-state index in [1.165, 1.54) is 11.3 Å². The molecule has 0 bridgehead atoms. The summed E-state index contributed by atoms with van der Waals surface area (Å²) in [5, 5.41) is 1.86. The minimum Gasteiger partial charge on any atom is -0.478 e. The molecule has 9 heteroatoms. The van der Waals surface area contributed by atoms with Crippen molar-refractivity contribution >= 4 is 55.8 Å². The second kappa shape index (κ2) is 10.2. The summed E-state index contributed by atoms with van der Waals surface area (Å²) in [6.07, 6.45) is 0. The number of carbonyl (C=O) groups excluding carboxylic acids is 1. The molecule has 2 heterocycles. The molecule has 1 fully saturated rings. The number of fused-ring (bicyclic) bond motifs is 1. The lowest BCUT2D eigenvalue weighted by molar-refractivity contribution is -0.131. The highest BCUT2D eigenvalue weighted by Gasteiger charge is 2.36. The molecule has 1 aliphatic rings. The van der Waals surface area contributed by atoms with Crippen molar-refractivity contribution in [2.45, 2.75) is 26.4 Å². The fourth-order valence-corrected chi connectivity index (χ4v) is 5.19. The molecule has 4 rings (SSSR count). The van der Waals surface area contributed by atoms with Crippen LogP contribution in [-0.2, 0) is 9.53 Å². The number of carbonyl (C=O) groups is 1. The van der Waals surface area contributed by atoms with Gasteiger partial charge in [0.1, 0.15) is 5.75 Å². The topological polar surface area (TPSA) is 54.9 Å². The Morgan fingerprint density at radius 3 is 2.55 bits per heavy atom. The molecule has 0 radical (unpaired) electrons. The van der Waals surface area contributed by atoms with Crippen molar-refractivity contribution in [3.05, 3.63) is 52.0 Å². The molecule has 176 valence electrons. The third-order valence-corrected chi connectivity index (χ3v) is 7.40. The predicted molar refractivity (Wildman–Crippen MR) is 135 cm³/mol. The standard InChI is InChI=1S/C24H27Cl2N3O3S/c1-16-4-9-19(26)21-20(16)27-23(33-21)29(11-10-28-12-14-31-15-13-28)22(30)24(2,3)32-18-7-5-17(25)6-8-18/h4-9H,10-15H2,1-3H3. The summed E-state index contributed by atoms with van der Waals surface area (Å²) >= 11 is 13.9. The van der Waals surface area contributed by atoms with Gasteiger partial charge in [-0.2, -0.15) is 0 Å². The van der Waals surface area contributed by atoms with E-state index in [9.17, 15) is 4.79 Å². The molecule has 1 saturated heterocycles. The SMILES string of the molecule is Cc1ccc(Cl)c2sc(N(CCN3CCOCC3)C(=O)C(C)(C)Oc3ccc(Cl)cc3)nc12. The number of morpholine rings is 1. The molecule has 1 aromatic heterocycles. The van der Waals surface area contributed by atoms with Crippen LogP contribution >= 0.6 is 34.5 Å². The van der Waals surface area contributed by atoms with Crippen molar-refractivity contribution in [1.29, 1.82) is 0 Å². The Morgan fingerprint density at radius 1 is 1.18 bits per heavy atom. The van der Waals surface area contributed by atoms with Gasteiger partial charge in [-0.15, -0.1) is 0 Å². The summed E-state index contributed by atoms with van der Waals surface area (Å²) in [5.41, 5.74) is 0.729. The van der Waals surface area contributed by atoms with Crippen LogP contribution in [0.3, 0.4) is 0 Å². The zero-order valence-corrected chi connectivity index (χ0v) is 21.3. The monoisotopic (exact) mass is 507 g/mol. The van der Waals surface area contributed by atoms with Crippen molar-refractivity contribution in [2.75, 3.05) is 44.3 Å². The van der Waals surface area contributed by atoms with Gasteiger partial charge in [-0.1, -0.05) is 40.6 Å². The number of amides is 1. The lowest BCUT2D eigenvalue weighted by Gasteiger charge is -2.33. The maximum Gasteiger partial charge on any atom is 0.272 e. The first-order valence-corrected chi connectivity index (χ1v) is 12.4. The normalized spacial score (nSPS) is 15.1. The van der Waals surface area contributed by atoms with E-state index in [2.05, 4.69) is 4.90 Å². The Bertz CT molecular complexity index is 1090. The molecule has 0 unspecified atom stereocenters. The van der Waals surface area contributed by atoms with Crippen LogP contribution in [0.1, 0.15) is 19.4 Å². The Labute approximate surface area is 208 Å². The average molecular weight is 508 g/mol.